The van der Waals surface area contributed by atoms with E-state index in [-0.39, 0.29) is 6.61 Å². The van der Waals surface area contributed by atoms with Gasteiger partial charge in [0.2, 0.25) is 0 Å². The van der Waals surface area contributed by atoms with Gasteiger partial charge in [-0.05, 0) is 43.0 Å². The van der Waals surface area contributed by atoms with E-state index < -0.39 is 0 Å². The molecule has 1 aliphatic carbocycles. The fraction of sp³-hybridized carbons (Fsp3) is 0.400. The van der Waals surface area contributed by atoms with Gasteiger partial charge in [0.15, 0.2) is 0 Å². The summed E-state index contributed by atoms with van der Waals surface area (Å²) in [5.41, 5.74) is 2.90. The molecule has 1 aliphatic heterocycles. The van der Waals surface area contributed by atoms with Crippen molar-refractivity contribution in [2.75, 3.05) is 24.7 Å². The van der Waals surface area contributed by atoms with Gasteiger partial charge in [0.05, 0.1) is 25.4 Å². The first-order valence-electron chi connectivity index (χ1n) is 8.76. The minimum Gasteiger partial charge on any atom is -0.493 e. The molecular weight excluding hydrogens is 338 g/mol. The minimum atomic E-state index is -0.0239. The van der Waals surface area contributed by atoms with Crippen LogP contribution in [0.2, 0.25) is 5.02 Å². The third-order valence-corrected chi connectivity index (χ3v) is 4.98. The average molecular weight is 360 g/mol. The Morgan fingerprint density at radius 3 is 2.88 bits per heavy atom. The number of halogens is 1. The highest BCUT2D eigenvalue weighted by Crippen LogP contribution is 2.37. The van der Waals surface area contributed by atoms with Gasteiger partial charge in [0, 0.05) is 22.7 Å². The summed E-state index contributed by atoms with van der Waals surface area (Å²) in [4.78, 5) is 2.26. The number of hydrogen-bond donors (Lipinski definition) is 1. The predicted octanol–water partition coefficient (Wildman–Crippen LogP) is 4.02. The van der Waals surface area contributed by atoms with E-state index in [9.17, 15) is 5.11 Å². The minimum absolute atomic E-state index is 0.0239. The molecule has 1 N–H and O–H groups in total. The van der Waals surface area contributed by atoms with Crippen LogP contribution in [0.3, 0.4) is 0 Å². The lowest BCUT2D eigenvalue weighted by Gasteiger charge is -2.32. The molecule has 1 fully saturated rings. The Morgan fingerprint density at radius 2 is 2.08 bits per heavy atom. The maximum absolute atomic E-state index is 9.54. The van der Waals surface area contributed by atoms with Gasteiger partial charge in [0.25, 0.3) is 0 Å². The predicted molar refractivity (Wildman–Crippen MR) is 98.6 cm³/mol. The fourth-order valence-corrected chi connectivity index (χ4v) is 3.36. The molecule has 0 spiro atoms. The summed E-state index contributed by atoms with van der Waals surface area (Å²) < 4.78 is 11.8. The van der Waals surface area contributed by atoms with Crippen molar-refractivity contribution in [1.29, 1.82) is 0 Å². The van der Waals surface area contributed by atoms with Gasteiger partial charge >= 0.3 is 0 Å². The zero-order valence-corrected chi connectivity index (χ0v) is 14.8. The van der Waals surface area contributed by atoms with Crippen molar-refractivity contribution in [3.8, 4) is 11.5 Å². The van der Waals surface area contributed by atoms with Crippen molar-refractivity contribution in [3.63, 3.8) is 0 Å². The molecule has 0 atom stereocenters. The van der Waals surface area contributed by atoms with E-state index >= 15 is 0 Å². The number of aliphatic hydroxyl groups excluding tert-OH is 1. The lowest BCUT2D eigenvalue weighted by atomic mass is 10.1. The van der Waals surface area contributed by atoms with Crippen LogP contribution < -0.4 is 14.4 Å². The van der Waals surface area contributed by atoms with Crippen molar-refractivity contribution >= 4 is 17.3 Å². The molecule has 1 saturated carbocycles. The Morgan fingerprint density at radius 1 is 1.20 bits per heavy atom. The molecule has 0 bridgehead atoms. The van der Waals surface area contributed by atoms with Crippen LogP contribution in [0, 0.1) is 5.92 Å². The summed E-state index contributed by atoms with van der Waals surface area (Å²) in [5.74, 6) is 2.39. The highest BCUT2D eigenvalue weighted by molar-refractivity contribution is 6.30. The second-order valence-corrected chi connectivity index (χ2v) is 7.14. The monoisotopic (exact) mass is 359 g/mol. The van der Waals surface area contributed by atoms with Crippen LogP contribution in [-0.4, -0.2) is 24.9 Å². The molecule has 25 heavy (non-hydrogen) atoms. The fourth-order valence-electron chi connectivity index (χ4n) is 3.16. The van der Waals surface area contributed by atoms with E-state index in [1.165, 1.54) is 12.8 Å². The number of para-hydroxylation sites is 1. The average Bonchev–Trinajstić information content (AvgIpc) is 3.45. The maximum Gasteiger partial charge on any atom is 0.148 e. The molecule has 2 aliphatic rings. The second-order valence-electron chi connectivity index (χ2n) is 6.70. The molecule has 132 valence electrons. The first-order valence-corrected chi connectivity index (χ1v) is 9.14. The van der Waals surface area contributed by atoms with E-state index in [1.807, 2.05) is 36.4 Å². The van der Waals surface area contributed by atoms with E-state index in [1.54, 1.807) is 0 Å². The van der Waals surface area contributed by atoms with E-state index in [0.717, 1.165) is 41.5 Å². The summed E-state index contributed by atoms with van der Waals surface area (Å²) in [7, 11) is 0. The first-order chi connectivity index (χ1) is 12.2. The van der Waals surface area contributed by atoms with Crippen LogP contribution in [-0.2, 0) is 13.2 Å². The maximum atomic E-state index is 9.54. The Balaban J connectivity index is 1.59. The van der Waals surface area contributed by atoms with Crippen molar-refractivity contribution in [2.24, 2.45) is 5.92 Å². The van der Waals surface area contributed by atoms with Gasteiger partial charge < -0.3 is 19.5 Å². The van der Waals surface area contributed by atoms with Crippen LogP contribution in [0.5, 0.6) is 11.5 Å². The number of nitrogens with zero attached hydrogens (tertiary/aromatic N) is 1. The number of anilines is 1. The summed E-state index contributed by atoms with van der Waals surface area (Å²) >= 11 is 6.23. The Kier molecular flexibility index (Phi) is 4.73. The second kappa shape index (κ2) is 7.14. The molecule has 1 heterocycles. The van der Waals surface area contributed by atoms with Crippen molar-refractivity contribution in [3.05, 3.63) is 52.5 Å². The van der Waals surface area contributed by atoms with E-state index in [0.29, 0.717) is 24.1 Å². The van der Waals surface area contributed by atoms with Crippen molar-refractivity contribution in [1.82, 2.24) is 0 Å². The normalized spacial score (nSPS) is 16.3. The van der Waals surface area contributed by atoms with E-state index in [4.69, 9.17) is 21.1 Å². The van der Waals surface area contributed by atoms with Crippen LogP contribution in [0.4, 0.5) is 5.69 Å². The van der Waals surface area contributed by atoms with Crippen LogP contribution >= 0.6 is 11.6 Å². The summed E-state index contributed by atoms with van der Waals surface area (Å²) in [6.07, 6.45) is 2.54. The summed E-state index contributed by atoms with van der Waals surface area (Å²) in [6.45, 7) is 2.85. The zero-order chi connectivity index (χ0) is 17.2. The van der Waals surface area contributed by atoms with Crippen molar-refractivity contribution in [2.45, 2.75) is 26.0 Å². The molecule has 0 aromatic heterocycles. The smallest absolute Gasteiger partial charge is 0.148 e. The van der Waals surface area contributed by atoms with Crippen molar-refractivity contribution < 1.29 is 14.6 Å². The van der Waals surface area contributed by atoms with Crippen LogP contribution in [0.1, 0.15) is 24.0 Å². The Hall–Kier alpha value is -1.91. The quantitative estimate of drug-likeness (QED) is 0.845. The van der Waals surface area contributed by atoms with Gasteiger partial charge in [-0.1, -0.05) is 23.7 Å². The van der Waals surface area contributed by atoms with Gasteiger partial charge in [-0.15, -0.1) is 0 Å². The van der Waals surface area contributed by atoms with E-state index in [2.05, 4.69) is 4.90 Å². The van der Waals surface area contributed by atoms with Gasteiger partial charge in [0.1, 0.15) is 18.1 Å². The molecule has 5 heteroatoms. The topological polar surface area (TPSA) is 41.9 Å². The van der Waals surface area contributed by atoms with Crippen LogP contribution in [0.25, 0.3) is 0 Å². The summed E-state index contributed by atoms with van der Waals surface area (Å²) in [5, 5.41) is 10.3. The third-order valence-electron chi connectivity index (χ3n) is 4.75. The summed E-state index contributed by atoms with van der Waals surface area (Å²) in [6, 6.07) is 11.7. The first kappa shape index (κ1) is 16.6. The standard InChI is InChI=1S/C20H22ClNO3/c21-17-6-7-19(25-13-14-4-5-14)16(10-17)11-22-8-9-24-20-15(12-23)2-1-3-18(20)22/h1-3,6-7,10,14,23H,4-5,8-9,11-13H2. The number of ether oxygens (including phenoxy) is 2. The van der Waals surface area contributed by atoms with Gasteiger partial charge in [-0.25, -0.2) is 0 Å². The molecule has 2 aromatic carbocycles. The number of rotatable bonds is 6. The molecule has 0 radical (unpaired) electrons. The number of hydrogen-bond acceptors (Lipinski definition) is 4. The van der Waals surface area contributed by atoms with Gasteiger partial charge in [-0.2, -0.15) is 0 Å². The molecule has 0 amide bonds. The highest BCUT2D eigenvalue weighted by Gasteiger charge is 2.24. The molecule has 0 unspecified atom stereocenters. The van der Waals surface area contributed by atoms with Crippen LogP contribution in [0.15, 0.2) is 36.4 Å². The lowest BCUT2D eigenvalue weighted by molar-refractivity contribution is 0.259. The number of fused-ring (bicyclic) bond motifs is 1. The number of benzene rings is 2. The highest BCUT2D eigenvalue weighted by atomic mass is 35.5. The molecule has 2 aromatic rings. The third kappa shape index (κ3) is 3.70. The Labute approximate surface area is 152 Å². The number of aliphatic hydroxyl groups is 1. The SMILES string of the molecule is OCc1cccc2c1OCCN2Cc1cc(Cl)ccc1OCC1CC1. The Bertz CT molecular complexity index is 761. The molecular formula is C20H22ClNO3. The lowest BCUT2D eigenvalue weighted by Crippen LogP contribution is -2.32. The molecule has 4 nitrogen and oxygen atoms in total. The zero-order valence-electron chi connectivity index (χ0n) is 14.1. The van der Waals surface area contributed by atoms with Gasteiger partial charge in [-0.3, -0.25) is 0 Å². The molecule has 0 saturated heterocycles. The molecule has 4 rings (SSSR count). The largest absolute Gasteiger partial charge is 0.493 e.